The van der Waals surface area contributed by atoms with E-state index >= 15 is 0 Å². The molecule has 1 aliphatic rings. The largest absolute Gasteiger partial charge is 0.480 e. The molecular formula is C10H19NO2. The van der Waals surface area contributed by atoms with Gasteiger partial charge in [-0.1, -0.05) is 19.8 Å². The minimum Gasteiger partial charge on any atom is -0.480 e. The van der Waals surface area contributed by atoms with Crippen LogP contribution in [0.25, 0.3) is 0 Å². The van der Waals surface area contributed by atoms with Gasteiger partial charge in [-0.3, -0.25) is 4.79 Å². The maximum atomic E-state index is 10.9. The number of carbonyl (C=O) groups is 1. The number of hydrogen-bond donors (Lipinski definition) is 2. The number of carboxylic acid groups (broad SMARTS) is 1. The van der Waals surface area contributed by atoms with Crippen LogP contribution in [0.1, 0.15) is 45.4 Å². The Morgan fingerprint density at radius 2 is 2.15 bits per heavy atom. The lowest BCUT2D eigenvalue weighted by Crippen LogP contribution is -2.57. The molecule has 0 spiro atoms. The van der Waals surface area contributed by atoms with E-state index in [1.807, 2.05) is 0 Å². The van der Waals surface area contributed by atoms with Gasteiger partial charge in [-0.2, -0.15) is 0 Å². The standard InChI is InChI=1S/C10H19NO2/c1-2-3-4-8-11-10(9(12)13)6-5-7-10/h11H,2-8H2,1H3,(H,12,13). The third kappa shape index (κ3) is 2.44. The van der Waals surface area contributed by atoms with E-state index in [0.717, 1.165) is 32.2 Å². The first-order valence-electron chi connectivity index (χ1n) is 5.20. The van der Waals surface area contributed by atoms with Crippen molar-refractivity contribution in [3.63, 3.8) is 0 Å². The highest BCUT2D eigenvalue weighted by molar-refractivity contribution is 5.79. The molecule has 1 saturated carbocycles. The zero-order valence-electron chi connectivity index (χ0n) is 8.31. The van der Waals surface area contributed by atoms with Gasteiger partial charge in [0.2, 0.25) is 0 Å². The first kappa shape index (κ1) is 10.5. The van der Waals surface area contributed by atoms with Gasteiger partial charge in [0.25, 0.3) is 0 Å². The number of hydrogen-bond acceptors (Lipinski definition) is 2. The minimum absolute atomic E-state index is 0.562. The zero-order valence-corrected chi connectivity index (χ0v) is 8.31. The Morgan fingerprint density at radius 1 is 1.46 bits per heavy atom. The van der Waals surface area contributed by atoms with Gasteiger partial charge >= 0.3 is 5.97 Å². The summed E-state index contributed by atoms with van der Waals surface area (Å²) in [5, 5.41) is 12.1. The molecule has 0 saturated heterocycles. The molecule has 0 unspecified atom stereocenters. The highest BCUT2D eigenvalue weighted by Crippen LogP contribution is 2.31. The zero-order chi connectivity index (χ0) is 9.73. The lowest BCUT2D eigenvalue weighted by Gasteiger charge is -2.38. The smallest absolute Gasteiger partial charge is 0.323 e. The summed E-state index contributed by atoms with van der Waals surface area (Å²) in [6.07, 6.45) is 6.10. The molecule has 1 aliphatic carbocycles. The summed E-state index contributed by atoms with van der Waals surface area (Å²) in [5.74, 6) is -0.671. The van der Waals surface area contributed by atoms with Crippen molar-refractivity contribution < 1.29 is 9.90 Å². The van der Waals surface area contributed by atoms with Crippen LogP contribution in [-0.2, 0) is 4.79 Å². The fourth-order valence-corrected chi connectivity index (χ4v) is 1.70. The molecule has 0 bridgehead atoms. The fraction of sp³-hybridized carbons (Fsp3) is 0.900. The van der Waals surface area contributed by atoms with Crippen molar-refractivity contribution in [2.45, 2.75) is 51.0 Å². The Labute approximate surface area is 79.5 Å². The van der Waals surface area contributed by atoms with Gasteiger partial charge in [0.1, 0.15) is 5.54 Å². The van der Waals surface area contributed by atoms with Crippen molar-refractivity contribution >= 4 is 5.97 Å². The molecule has 3 heteroatoms. The molecule has 0 aromatic heterocycles. The van der Waals surface area contributed by atoms with Gasteiger partial charge in [0.05, 0.1) is 0 Å². The predicted molar refractivity (Wildman–Crippen MR) is 51.7 cm³/mol. The van der Waals surface area contributed by atoms with Crippen LogP contribution in [0.4, 0.5) is 0 Å². The van der Waals surface area contributed by atoms with Gasteiger partial charge in [0.15, 0.2) is 0 Å². The first-order chi connectivity index (χ1) is 6.21. The maximum Gasteiger partial charge on any atom is 0.323 e. The molecule has 0 amide bonds. The van der Waals surface area contributed by atoms with E-state index in [4.69, 9.17) is 5.11 Å². The van der Waals surface area contributed by atoms with E-state index < -0.39 is 11.5 Å². The molecule has 0 radical (unpaired) electrons. The average molecular weight is 185 g/mol. The van der Waals surface area contributed by atoms with E-state index in [0.29, 0.717) is 0 Å². The lowest BCUT2D eigenvalue weighted by atomic mass is 9.77. The summed E-state index contributed by atoms with van der Waals surface area (Å²) < 4.78 is 0. The summed E-state index contributed by atoms with van der Waals surface area (Å²) in [4.78, 5) is 10.9. The normalized spacial score (nSPS) is 19.5. The van der Waals surface area contributed by atoms with Gasteiger partial charge in [-0.25, -0.2) is 0 Å². The number of nitrogens with one attached hydrogen (secondary N) is 1. The lowest BCUT2D eigenvalue weighted by molar-refractivity contribution is -0.148. The van der Waals surface area contributed by atoms with Crippen molar-refractivity contribution in [2.24, 2.45) is 0 Å². The molecule has 2 N–H and O–H groups in total. The molecule has 0 aromatic carbocycles. The predicted octanol–water partition coefficient (Wildman–Crippen LogP) is 1.77. The van der Waals surface area contributed by atoms with Gasteiger partial charge in [-0.05, 0) is 32.2 Å². The number of unbranched alkanes of at least 4 members (excludes halogenated alkanes) is 2. The van der Waals surface area contributed by atoms with Gasteiger partial charge in [-0.15, -0.1) is 0 Å². The summed E-state index contributed by atoms with van der Waals surface area (Å²) >= 11 is 0. The van der Waals surface area contributed by atoms with Crippen LogP contribution in [0.2, 0.25) is 0 Å². The van der Waals surface area contributed by atoms with Crippen LogP contribution in [0, 0.1) is 0 Å². The molecule has 0 heterocycles. The Morgan fingerprint density at radius 3 is 2.54 bits per heavy atom. The van der Waals surface area contributed by atoms with Gasteiger partial charge < -0.3 is 10.4 Å². The maximum absolute atomic E-state index is 10.9. The molecule has 76 valence electrons. The molecule has 0 aliphatic heterocycles. The van der Waals surface area contributed by atoms with Crippen molar-refractivity contribution in [1.29, 1.82) is 0 Å². The van der Waals surface area contributed by atoms with Crippen molar-refractivity contribution in [3.8, 4) is 0 Å². The monoisotopic (exact) mass is 185 g/mol. The van der Waals surface area contributed by atoms with Crippen LogP contribution in [0.5, 0.6) is 0 Å². The second-order valence-corrected chi connectivity index (χ2v) is 3.87. The molecule has 3 nitrogen and oxygen atoms in total. The van der Waals surface area contributed by atoms with E-state index in [2.05, 4.69) is 12.2 Å². The van der Waals surface area contributed by atoms with Gasteiger partial charge in [0, 0.05) is 0 Å². The highest BCUT2D eigenvalue weighted by Gasteiger charge is 2.43. The van der Waals surface area contributed by atoms with Crippen molar-refractivity contribution in [3.05, 3.63) is 0 Å². The third-order valence-corrected chi connectivity index (χ3v) is 2.86. The van der Waals surface area contributed by atoms with E-state index in [-0.39, 0.29) is 0 Å². The second kappa shape index (κ2) is 4.61. The van der Waals surface area contributed by atoms with E-state index in [9.17, 15) is 4.79 Å². The molecule has 1 rings (SSSR count). The topological polar surface area (TPSA) is 49.3 Å². The second-order valence-electron chi connectivity index (χ2n) is 3.87. The van der Waals surface area contributed by atoms with Crippen LogP contribution in [0.3, 0.4) is 0 Å². The summed E-state index contributed by atoms with van der Waals surface area (Å²) in [6, 6.07) is 0. The van der Waals surface area contributed by atoms with Crippen LogP contribution in [-0.4, -0.2) is 23.2 Å². The van der Waals surface area contributed by atoms with E-state index in [1.165, 1.54) is 12.8 Å². The Balaban J connectivity index is 2.21. The number of aliphatic carboxylic acids is 1. The van der Waals surface area contributed by atoms with Crippen LogP contribution in [0.15, 0.2) is 0 Å². The SMILES string of the molecule is CCCCCNC1(C(=O)O)CCC1. The van der Waals surface area contributed by atoms with Crippen LogP contribution >= 0.6 is 0 Å². The molecular weight excluding hydrogens is 166 g/mol. The molecule has 0 aromatic rings. The molecule has 13 heavy (non-hydrogen) atoms. The Hall–Kier alpha value is -0.570. The van der Waals surface area contributed by atoms with E-state index in [1.54, 1.807) is 0 Å². The average Bonchev–Trinajstić information content (AvgIpc) is 2.01. The summed E-state index contributed by atoms with van der Waals surface area (Å²) in [7, 11) is 0. The summed E-state index contributed by atoms with van der Waals surface area (Å²) in [5.41, 5.74) is -0.562. The quantitative estimate of drug-likeness (QED) is 0.620. The number of rotatable bonds is 6. The Kier molecular flexibility index (Phi) is 3.72. The number of carboxylic acids is 1. The van der Waals surface area contributed by atoms with Crippen molar-refractivity contribution in [2.75, 3.05) is 6.54 Å². The molecule has 0 atom stereocenters. The van der Waals surface area contributed by atoms with Crippen LogP contribution < -0.4 is 5.32 Å². The highest BCUT2D eigenvalue weighted by atomic mass is 16.4. The summed E-state index contributed by atoms with van der Waals surface area (Å²) in [6.45, 7) is 3.00. The van der Waals surface area contributed by atoms with Crippen molar-refractivity contribution in [1.82, 2.24) is 5.32 Å². The first-order valence-corrected chi connectivity index (χ1v) is 5.20. The minimum atomic E-state index is -0.671. The fourth-order valence-electron chi connectivity index (χ4n) is 1.70. The third-order valence-electron chi connectivity index (χ3n) is 2.86. The molecule has 1 fully saturated rings. The Bertz CT molecular complexity index is 176.